The summed E-state index contributed by atoms with van der Waals surface area (Å²) in [4.78, 5) is 9.83. The van der Waals surface area contributed by atoms with Crippen LogP contribution in [0, 0.1) is 0 Å². The lowest BCUT2D eigenvalue weighted by Gasteiger charge is -2.30. The van der Waals surface area contributed by atoms with Gasteiger partial charge in [-0.05, 0) is 48.2 Å². The van der Waals surface area contributed by atoms with Gasteiger partial charge in [0.1, 0.15) is 5.82 Å². The Kier molecular flexibility index (Phi) is 7.08. The van der Waals surface area contributed by atoms with E-state index in [1.807, 2.05) is 59.5 Å². The topological polar surface area (TPSA) is 53.1 Å². The van der Waals surface area contributed by atoms with Gasteiger partial charge >= 0.3 is 6.18 Å². The zero-order valence-electron chi connectivity index (χ0n) is 17.9. The predicted molar refractivity (Wildman–Crippen MR) is 127 cm³/mol. The van der Waals surface area contributed by atoms with E-state index in [0.717, 1.165) is 30.9 Å². The predicted octanol–water partition coefficient (Wildman–Crippen LogP) is 4.98. The van der Waals surface area contributed by atoms with Gasteiger partial charge in [0.2, 0.25) is 5.95 Å². The highest BCUT2D eigenvalue weighted by atomic mass is 32.1. The molecule has 0 bridgehead atoms. The van der Waals surface area contributed by atoms with Crippen LogP contribution in [0.4, 0.5) is 24.9 Å². The summed E-state index contributed by atoms with van der Waals surface area (Å²) < 4.78 is 40.5. The van der Waals surface area contributed by atoms with E-state index in [9.17, 15) is 13.2 Å². The fourth-order valence-electron chi connectivity index (χ4n) is 3.77. The van der Waals surface area contributed by atoms with Gasteiger partial charge in [0.05, 0.1) is 0 Å². The summed E-state index contributed by atoms with van der Waals surface area (Å²) in [5, 5.41) is 5.93. The summed E-state index contributed by atoms with van der Waals surface area (Å²) in [5.74, 6) is 0.0560. The Balaban J connectivity index is 1.42. The molecule has 0 fully saturated rings. The highest BCUT2D eigenvalue weighted by Gasteiger charge is 2.34. The zero-order chi connectivity index (χ0) is 23.3. The van der Waals surface area contributed by atoms with Crippen LogP contribution in [-0.2, 0) is 25.6 Å². The lowest BCUT2D eigenvalue weighted by Crippen LogP contribution is -2.33. The van der Waals surface area contributed by atoms with E-state index in [1.54, 1.807) is 0 Å². The van der Waals surface area contributed by atoms with Crippen LogP contribution in [0.2, 0.25) is 0 Å². The maximum Gasteiger partial charge on any atom is 0.433 e. The molecule has 2 heterocycles. The first-order chi connectivity index (χ1) is 15.9. The second-order valence-electron chi connectivity index (χ2n) is 7.84. The van der Waals surface area contributed by atoms with E-state index < -0.39 is 11.9 Å². The van der Waals surface area contributed by atoms with Crippen molar-refractivity contribution in [2.45, 2.75) is 32.0 Å². The number of hydrogen-bond donors (Lipinski definition) is 2. The van der Waals surface area contributed by atoms with Crippen LogP contribution in [0.15, 0.2) is 60.7 Å². The van der Waals surface area contributed by atoms with Gasteiger partial charge < -0.3 is 15.5 Å². The highest BCUT2D eigenvalue weighted by molar-refractivity contribution is 7.80. The fourth-order valence-corrected chi connectivity index (χ4v) is 3.97. The number of rotatable bonds is 6. The maximum absolute atomic E-state index is 13.5. The third-order valence-corrected chi connectivity index (χ3v) is 5.70. The number of halogens is 3. The molecule has 2 N–H and O–H groups in total. The van der Waals surface area contributed by atoms with Crippen molar-refractivity contribution in [3.05, 3.63) is 83.0 Å². The monoisotopic (exact) mass is 471 g/mol. The second-order valence-corrected chi connectivity index (χ2v) is 8.25. The zero-order valence-corrected chi connectivity index (χ0v) is 18.7. The molecule has 4 rings (SSSR count). The number of aromatic nitrogens is 2. The lowest BCUT2D eigenvalue weighted by atomic mass is 10.00. The van der Waals surface area contributed by atoms with Crippen molar-refractivity contribution in [1.29, 1.82) is 0 Å². The molecule has 0 atom stereocenters. The van der Waals surface area contributed by atoms with Crippen molar-refractivity contribution < 1.29 is 13.2 Å². The van der Waals surface area contributed by atoms with Gasteiger partial charge in [-0.1, -0.05) is 54.6 Å². The molecule has 33 heavy (non-hydrogen) atoms. The molecule has 9 heteroatoms. The number of hydrogen-bond acceptors (Lipinski definition) is 4. The van der Waals surface area contributed by atoms with Crippen LogP contribution in [0.1, 0.15) is 28.8 Å². The van der Waals surface area contributed by atoms with Crippen molar-refractivity contribution in [2.75, 3.05) is 23.3 Å². The molecule has 3 aromatic rings. The van der Waals surface area contributed by atoms with Crippen LogP contribution in [0.3, 0.4) is 0 Å². The van der Waals surface area contributed by atoms with Crippen LogP contribution in [-0.4, -0.2) is 28.2 Å². The van der Waals surface area contributed by atoms with Gasteiger partial charge in [-0.2, -0.15) is 18.2 Å². The molecule has 0 radical (unpaired) electrons. The Morgan fingerprint density at radius 1 is 1.00 bits per heavy atom. The molecule has 0 spiro atoms. The molecule has 1 aromatic heterocycles. The van der Waals surface area contributed by atoms with E-state index in [2.05, 4.69) is 20.6 Å². The number of anilines is 2. The van der Waals surface area contributed by atoms with Gasteiger partial charge in [0, 0.05) is 25.7 Å². The second kappa shape index (κ2) is 10.2. The van der Waals surface area contributed by atoms with Crippen molar-refractivity contribution >= 4 is 29.1 Å². The van der Waals surface area contributed by atoms with Gasteiger partial charge in [-0.3, -0.25) is 0 Å². The maximum atomic E-state index is 13.5. The van der Waals surface area contributed by atoms with Crippen LogP contribution < -0.4 is 15.5 Å². The normalized spacial score (nSPS) is 13.4. The molecule has 0 amide bonds. The average Bonchev–Trinajstić information content (AvgIpc) is 2.81. The number of benzene rings is 2. The smallest absolute Gasteiger partial charge is 0.362 e. The van der Waals surface area contributed by atoms with Crippen molar-refractivity contribution in [3.63, 3.8) is 0 Å². The number of alkyl halides is 3. The van der Waals surface area contributed by atoms with Crippen molar-refractivity contribution in [2.24, 2.45) is 0 Å². The quantitative estimate of drug-likeness (QED) is 0.391. The summed E-state index contributed by atoms with van der Waals surface area (Å²) in [5.41, 5.74) is 2.51. The fraction of sp³-hybridized carbons (Fsp3) is 0.292. The van der Waals surface area contributed by atoms with Crippen LogP contribution in [0.5, 0.6) is 0 Å². The minimum absolute atomic E-state index is 0.167. The third-order valence-electron chi connectivity index (χ3n) is 5.45. The van der Waals surface area contributed by atoms with Crippen LogP contribution >= 0.6 is 12.2 Å². The average molecular weight is 472 g/mol. The first kappa shape index (κ1) is 23.0. The van der Waals surface area contributed by atoms with Crippen LogP contribution in [0.25, 0.3) is 0 Å². The molecule has 0 saturated carbocycles. The molecule has 0 aliphatic carbocycles. The van der Waals surface area contributed by atoms with E-state index in [-0.39, 0.29) is 16.9 Å². The van der Waals surface area contributed by atoms with E-state index in [1.165, 1.54) is 11.1 Å². The van der Waals surface area contributed by atoms with Gasteiger partial charge in [0.25, 0.3) is 0 Å². The SMILES string of the molecule is FC(F)(F)c1cc(N2CCc3ccccc3C2)nc(NC(=S)NCCCc2ccccc2)n1. The summed E-state index contributed by atoms with van der Waals surface area (Å²) in [6.07, 6.45) is -2.15. The molecule has 1 aliphatic rings. The van der Waals surface area contributed by atoms with E-state index in [4.69, 9.17) is 12.2 Å². The Bertz CT molecular complexity index is 1100. The number of nitrogens with zero attached hydrogens (tertiary/aromatic N) is 3. The lowest BCUT2D eigenvalue weighted by molar-refractivity contribution is -0.141. The molecule has 0 saturated heterocycles. The molecule has 2 aromatic carbocycles. The minimum atomic E-state index is -4.59. The van der Waals surface area contributed by atoms with Crippen molar-refractivity contribution in [3.8, 4) is 0 Å². The Hall–Kier alpha value is -3.20. The van der Waals surface area contributed by atoms with E-state index in [0.29, 0.717) is 19.6 Å². The Morgan fingerprint density at radius 2 is 1.73 bits per heavy atom. The standard InChI is InChI=1S/C24H24F3N5S/c25-24(26,27)20-15-21(32-14-12-18-10-4-5-11-19(18)16-32)30-22(29-20)31-23(33)28-13-6-9-17-7-2-1-3-8-17/h1-5,7-8,10-11,15H,6,9,12-14,16H2,(H2,28,29,30,31,33). The highest BCUT2D eigenvalue weighted by Crippen LogP contribution is 2.32. The summed E-state index contributed by atoms with van der Waals surface area (Å²) in [6, 6.07) is 19.0. The van der Waals surface area contributed by atoms with Gasteiger partial charge in [0.15, 0.2) is 10.8 Å². The van der Waals surface area contributed by atoms with E-state index >= 15 is 0 Å². The first-order valence-electron chi connectivity index (χ1n) is 10.8. The molecule has 172 valence electrons. The molecule has 1 aliphatic heterocycles. The number of thiocarbonyl (C=S) groups is 1. The molecule has 5 nitrogen and oxygen atoms in total. The number of fused-ring (bicyclic) bond motifs is 1. The summed E-state index contributed by atoms with van der Waals surface area (Å²) in [7, 11) is 0. The molecular formula is C24H24F3N5S. The Labute approximate surface area is 196 Å². The van der Waals surface area contributed by atoms with Gasteiger partial charge in [-0.15, -0.1) is 0 Å². The summed E-state index contributed by atoms with van der Waals surface area (Å²) in [6.45, 7) is 1.65. The van der Waals surface area contributed by atoms with Gasteiger partial charge in [-0.25, -0.2) is 4.98 Å². The largest absolute Gasteiger partial charge is 0.433 e. The third kappa shape index (κ3) is 6.19. The number of nitrogens with one attached hydrogen (secondary N) is 2. The minimum Gasteiger partial charge on any atom is -0.362 e. The molecular weight excluding hydrogens is 447 g/mol. The first-order valence-corrected chi connectivity index (χ1v) is 11.2. The Morgan fingerprint density at radius 3 is 2.48 bits per heavy atom. The summed E-state index contributed by atoms with van der Waals surface area (Å²) >= 11 is 5.26. The van der Waals surface area contributed by atoms with Crippen molar-refractivity contribution in [1.82, 2.24) is 15.3 Å². The number of aryl methyl sites for hydroxylation is 1. The molecule has 0 unspecified atom stereocenters.